The molecule has 1 aromatic heterocycles. The highest BCUT2D eigenvalue weighted by Crippen LogP contribution is 2.18. The van der Waals surface area contributed by atoms with E-state index in [-0.39, 0.29) is 0 Å². The Hall–Kier alpha value is -0.450. The lowest BCUT2D eigenvalue weighted by Crippen LogP contribution is -2.36. The molecule has 1 aromatic rings. The molecule has 96 valence electrons. The third-order valence-corrected chi connectivity index (χ3v) is 3.91. The van der Waals surface area contributed by atoms with Crippen molar-refractivity contribution in [2.45, 2.75) is 50.1 Å². The van der Waals surface area contributed by atoms with E-state index in [4.69, 9.17) is 10.2 Å². The van der Waals surface area contributed by atoms with Crippen LogP contribution in [0.25, 0.3) is 0 Å². The van der Waals surface area contributed by atoms with E-state index in [0.717, 1.165) is 36.7 Å². The van der Waals surface area contributed by atoms with Crippen LogP contribution in [-0.4, -0.2) is 18.3 Å². The minimum absolute atomic E-state index is 0.421. The van der Waals surface area contributed by atoms with Crippen molar-refractivity contribution in [3.05, 3.63) is 23.7 Å². The van der Waals surface area contributed by atoms with E-state index in [9.17, 15) is 0 Å². The summed E-state index contributed by atoms with van der Waals surface area (Å²) < 4.78 is 5.73. The van der Waals surface area contributed by atoms with E-state index in [1.54, 1.807) is 11.8 Å². The lowest BCUT2D eigenvalue weighted by Gasteiger charge is -2.26. The van der Waals surface area contributed by atoms with Crippen molar-refractivity contribution in [1.29, 1.82) is 0 Å². The van der Waals surface area contributed by atoms with Crippen molar-refractivity contribution >= 4 is 11.8 Å². The van der Waals surface area contributed by atoms with Gasteiger partial charge in [0.2, 0.25) is 0 Å². The molecule has 0 bridgehead atoms. The van der Waals surface area contributed by atoms with Crippen molar-refractivity contribution in [1.82, 2.24) is 5.32 Å². The Morgan fingerprint density at radius 1 is 1.29 bits per heavy atom. The fraction of sp³-hybridized carbons (Fsp3) is 0.692. The van der Waals surface area contributed by atoms with E-state index in [1.807, 2.05) is 0 Å². The molecule has 3 nitrogen and oxygen atoms in total. The molecule has 0 atom stereocenters. The van der Waals surface area contributed by atoms with Crippen LogP contribution in [0.3, 0.4) is 0 Å². The predicted molar refractivity (Wildman–Crippen MR) is 73.0 cm³/mol. The Labute approximate surface area is 108 Å². The number of nitrogens with two attached hydrogens (primary N) is 1. The number of hydrogen-bond donors (Lipinski definition) is 2. The Balaban J connectivity index is 1.73. The Bertz CT molecular complexity index is 332. The second-order valence-corrected chi connectivity index (χ2v) is 5.66. The van der Waals surface area contributed by atoms with E-state index in [0.29, 0.717) is 12.1 Å². The first-order valence-corrected chi connectivity index (χ1v) is 7.73. The third kappa shape index (κ3) is 4.05. The first-order chi connectivity index (χ1) is 8.28. The van der Waals surface area contributed by atoms with Gasteiger partial charge in [-0.2, -0.15) is 11.8 Å². The van der Waals surface area contributed by atoms with Crippen molar-refractivity contribution in [2.24, 2.45) is 5.73 Å². The molecule has 1 heterocycles. The monoisotopic (exact) mass is 254 g/mol. The van der Waals surface area contributed by atoms with Gasteiger partial charge in [0, 0.05) is 12.1 Å². The highest BCUT2D eigenvalue weighted by Gasteiger charge is 2.18. The minimum atomic E-state index is 0.421. The summed E-state index contributed by atoms with van der Waals surface area (Å²) in [6.07, 6.45) is 6.77. The molecular weight excluding hydrogens is 232 g/mol. The standard InChI is InChI=1S/C13H22N2OS/c1-17-9-13-7-6-12(16-13)8-15-11-4-2-10(14)3-5-11/h6-7,10-11,15H,2-5,8-9,14H2,1H3. The maximum Gasteiger partial charge on any atom is 0.118 e. The maximum atomic E-state index is 5.89. The molecule has 1 aliphatic carbocycles. The summed E-state index contributed by atoms with van der Waals surface area (Å²) in [5, 5.41) is 3.56. The summed E-state index contributed by atoms with van der Waals surface area (Å²) >= 11 is 1.79. The number of hydrogen-bond acceptors (Lipinski definition) is 4. The average Bonchev–Trinajstić information content (AvgIpc) is 2.77. The molecule has 17 heavy (non-hydrogen) atoms. The van der Waals surface area contributed by atoms with Crippen LogP contribution in [0.1, 0.15) is 37.2 Å². The summed E-state index contributed by atoms with van der Waals surface area (Å²) in [6, 6.07) is 5.19. The lowest BCUT2D eigenvalue weighted by atomic mass is 9.92. The van der Waals surface area contributed by atoms with Crippen LogP contribution < -0.4 is 11.1 Å². The van der Waals surface area contributed by atoms with Crippen molar-refractivity contribution < 1.29 is 4.42 Å². The summed E-state index contributed by atoms with van der Waals surface area (Å²) in [5.41, 5.74) is 5.89. The van der Waals surface area contributed by atoms with Gasteiger partial charge in [0.25, 0.3) is 0 Å². The van der Waals surface area contributed by atoms with E-state index >= 15 is 0 Å². The zero-order valence-electron chi connectivity index (χ0n) is 10.4. The Morgan fingerprint density at radius 2 is 2.00 bits per heavy atom. The van der Waals surface area contributed by atoms with Crippen LogP contribution in [0.15, 0.2) is 16.5 Å². The van der Waals surface area contributed by atoms with Gasteiger partial charge in [-0.05, 0) is 44.1 Å². The third-order valence-electron chi connectivity index (χ3n) is 3.34. The smallest absolute Gasteiger partial charge is 0.118 e. The normalized spacial score (nSPS) is 25.1. The van der Waals surface area contributed by atoms with Gasteiger partial charge in [-0.15, -0.1) is 0 Å². The molecule has 2 rings (SSSR count). The number of furan rings is 1. The fourth-order valence-electron chi connectivity index (χ4n) is 2.31. The van der Waals surface area contributed by atoms with Crippen LogP contribution in [0.2, 0.25) is 0 Å². The average molecular weight is 254 g/mol. The molecule has 1 aliphatic rings. The highest BCUT2D eigenvalue weighted by molar-refractivity contribution is 7.97. The van der Waals surface area contributed by atoms with Crippen molar-refractivity contribution in [3.8, 4) is 0 Å². The van der Waals surface area contributed by atoms with Crippen LogP contribution in [-0.2, 0) is 12.3 Å². The molecule has 0 saturated heterocycles. The van der Waals surface area contributed by atoms with Gasteiger partial charge >= 0.3 is 0 Å². The topological polar surface area (TPSA) is 51.2 Å². The quantitative estimate of drug-likeness (QED) is 0.847. The Morgan fingerprint density at radius 3 is 2.71 bits per heavy atom. The van der Waals surface area contributed by atoms with Gasteiger partial charge in [-0.25, -0.2) is 0 Å². The number of thioether (sulfide) groups is 1. The zero-order valence-corrected chi connectivity index (χ0v) is 11.3. The number of nitrogens with one attached hydrogen (secondary N) is 1. The van der Waals surface area contributed by atoms with Gasteiger partial charge < -0.3 is 15.5 Å². The van der Waals surface area contributed by atoms with E-state index in [1.165, 1.54) is 12.8 Å². The van der Waals surface area contributed by atoms with Crippen LogP contribution in [0, 0.1) is 0 Å². The summed E-state index contributed by atoms with van der Waals surface area (Å²) in [5.74, 6) is 3.07. The molecule has 0 spiro atoms. The van der Waals surface area contributed by atoms with Gasteiger partial charge in [0.1, 0.15) is 11.5 Å². The van der Waals surface area contributed by atoms with E-state index in [2.05, 4.69) is 23.7 Å². The van der Waals surface area contributed by atoms with Crippen molar-refractivity contribution in [2.75, 3.05) is 6.26 Å². The largest absolute Gasteiger partial charge is 0.464 e. The molecule has 1 fully saturated rings. The lowest BCUT2D eigenvalue weighted by molar-refractivity contribution is 0.330. The number of rotatable bonds is 5. The van der Waals surface area contributed by atoms with Gasteiger partial charge in [-0.3, -0.25) is 0 Å². The van der Waals surface area contributed by atoms with E-state index < -0.39 is 0 Å². The maximum absolute atomic E-state index is 5.89. The molecule has 1 saturated carbocycles. The minimum Gasteiger partial charge on any atom is -0.464 e. The highest BCUT2D eigenvalue weighted by atomic mass is 32.2. The molecule has 0 aliphatic heterocycles. The summed E-state index contributed by atoms with van der Waals surface area (Å²) in [6.45, 7) is 0.842. The fourth-order valence-corrected chi connectivity index (χ4v) is 2.75. The van der Waals surface area contributed by atoms with Crippen LogP contribution >= 0.6 is 11.8 Å². The summed E-state index contributed by atoms with van der Waals surface area (Å²) in [4.78, 5) is 0. The second-order valence-electron chi connectivity index (χ2n) is 4.79. The molecule has 0 unspecified atom stereocenters. The molecule has 0 aromatic carbocycles. The summed E-state index contributed by atoms with van der Waals surface area (Å²) in [7, 11) is 0. The van der Waals surface area contributed by atoms with Gasteiger partial charge in [-0.1, -0.05) is 0 Å². The van der Waals surface area contributed by atoms with Gasteiger partial charge in [0.15, 0.2) is 0 Å². The molecule has 4 heteroatoms. The van der Waals surface area contributed by atoms with Crippen LogP contribution in [0.5, 0.6) is 0 Å². The molecular formula is C13H22N2OS. The SMILES string of the molecule is CSCc1ccc(CNC2CCC(N)CC2)o1. The molecule has 0 amide bonds. The van der Waals surface area contributed by atoms with Crippen LogP contribution in [0.4, 0.5) is 0 Å². The predicted octanol–water partition coefficient (Wildman–Crippen LogP) is 2.50. The van der Waals surface area contributed by atoms with Gasteiger partial charge in [0.05, 0.1) is 12.3 Å². The zero-order chi connectivity index (χ0) is 12.1. The molecule has 0 radical (unpaired) electrons. The molecule has 3 N–H and O–H groups in total. The first kappa shape index (κ1) is 13.0. The second kappa shape index (κ2) is 6.47. The first-order valence-electron chi connectivity index (χ1n) is 6.33. The Kier molecular flexibility index (Phi) is 4.95. The van der Waals surface area contributed by atoms with Crippen molar-refractivity contribution in [3.63, 3.8) is 0 Å².